The van der Waals surface area contributed by atoms with Gasteiger partial charge in [0, 0.05) is 12.8 Å². The third-order valence-electron chi connectivity index (χ3n) is 4.88. The van der Waals surface area contributed by atoms with Gasteiger partial charge in [-0.1, -0.05) is 36.9 Å². The van der Waals surface area contributed by atoms with E-state index in [0.717, 1.165) is 32.1 Å². The number of carbonyl (C=O) groups excluding carboxylic acids is 2. The molecule has 1 aliphatic carbocycles. The molecule has 0 bridgehead atoms. The Morgan fingerprint density at radius 1 is 1.04 bits per heavy atom. The molecule has 122 valence electrons. The lowest BCUT2D eigenvalue weighted by Crippen LogP contribution is -2.42. The Balaban J connectivity index is 2.01. The number of benzene rings is 1. The van der Waals surface area contributed by atoms with Crippen LogP contribution in [0.4, 0.5) is 0 Å². The van der Waals surface area contributed by atoms with Gasteiger partial charge in [-0.3, -0.25) is 9.59 Å². The van der Waals surface area contributed by atoms with Crippen molar-refractivity contribution < 1.29 is 9.59 Å². The van der Waals surface area contributed by atoms with Crippen LogP contribution in [0.3, 0.4) is 0 Å². The van der Waals surface area contributed by atoms with Gasteiger partial charge in [0.25, 0.3) is 0 Å². The van der Waals surface area contributed by atoms with Gasteiger partial charge < -0.3 is 0 Å². The molecule has 1 aromatic carbocycles. The Morgan fingerprint density at radius 3 is 2.35 bits per heavy atom. The molecular weight excluding hydrogens is 284 g/mol. The van der Waals surface area contributed by atoms with E-state index in [1.54, 1.807) is 0 Å². The number of unbranched alkanes of at least 4 members (excludes halogenated alkanes) is 1. The lowest BCUT2D eigenvalue weighted by molar-refractivity contribution is -0.145. The lowest BCUT2D eigenvalue weighted by atomic mass is 9.66. The first kappa shape index (κ1) is 17.4. The van der Waals surface area contributed by atoms with Crippen molar-refractivity contribution in [2.24, 2.45) is 5.41 Å². The number of rotatable bonds is 8. The highest BCUT2D eigenvalue weighted by molar-refractivity contribution is 6.08. The molecule has 1 aromatic rings. The molecule has 0 N–H and O–H groups in total. The summed E-state index contributed by atoms with van der Waals surface area (Å²) >= 11 is 0. The van der Waals surface area contributed by atoms with E-state index in [4.69, 9.17) is 0 Å². The predicted molar refractivity (Wildman–Crippen MR) is 93.2 cm³/mol. The van der Waals surface area contributed by atoms with Crippen LogP contribution in [-0.2, 0) is 16.0 Å². The Bertz CT molecular complexity index is 563. The maximum absolute atomic E-state index is 12.6. The Kier molecular flexibility index (Phi) is 6.55. The molecule has 0 amide bonds. The summed E-state index contributed by atoms with van der Waals surface area (Å²) in [5.41, 5.74) is 3.31. The van der Waals surface area contributed by atoms with Gasteiger partial charge in [-0.05, 0) is 56.6 Å². The van der Waals surface area contributed by atoms with Gasteiger partial charge in [0.2, 0.25) is 0 Å². The van der Waals surface area contributed by atoms with E-state index in [0.29, 0.717) is 25.7 Å². The van der Waals surface area contributed by atoms with Crippen LogP contribution < -0.4 is 0 Å². The number of ketones is 2. The van der Waals surface area contributed by atoms with Crippen LogP contribution in [-0.4, -0.2) is 11.6 Å². The molecule has 2 rings (SSSR count). The second-order valence-corrected chi connectivity index (χ2v) is 6.42. The topological polar surface area (TPSA) is 34.1 Å². The SMILES string of the molecule is C=C=CCCCC1(CCCc2ccccc2)C(=O)CCCC1=O. The fraction of sp³-hybridized carbons (Fsp3) is 0.476. The van der Waals surface area contributed by atoms with Crippen LogP contribution in [0.1, 0.15) is 56.9 Å². The van der Waals surface area contributed by atoms with Crippen LogP contribution in [0.5, 0.6) is 0 Å². The molecule has 2 heteroatoms. The van der Waals surface area contributed by atoms with Crippen LogP contribution in [0.15, 0.2) is 48.7 Å². The van der Waals surface area contributed by atoms with Crippen LogP contribution in [0.2, 0.25) is 0 Å². The molecule has 0 unspecified atom stereocenters. The van der Waals surface area contributed by atoms with Crippen LogP contribution in [0, 0.1) is 5.41 Å². The summed E-state index contributed by atoms with van der Waals surface area (Å²) in [6.07, 6.45) is 8.61. The highest BCUT2D eigenvalue weighted by atomic mass is 16.2. The first-order valence-corrected chi connectivity index (χ1v) is 8.64. The predicted octanol–water partition coefficient (Wildman–Crippen LogP) is 4.83. The van der Waals surface area contributed by atoms with Gasteiger partial charge >= 0.3 is 0 Å². The summed E-state index contributed by atoms with van der Waals surface area (Å²) in [6.45, 7) is 3.56. The monoisotopic (exact) mass is 310 g/mol. The second-order valence-electron chi connectivity index (χ2n) is 6.42. The van der Waals surface area contributed by atoms with Gasteiger partial charge in [-0.2, -0.15) is 0 Å². The summed E-state index contributed by atoms with van der Waals surface area (Å²) in [7, 11) is 0. The second kappa shape index (κ2) is 8.64. The molecule has 0 radical (unpaired) electrons. The van der Waals surface area contributed by atoms with Crippen LogP contribution in [0.25, 0.3) is 0 Å². The number of carbonyl (C=O) groups is 2. The van der Waals surface area contributed by atoms with Gasteiger partial charge in [0.05, 0.1) is 5.41 Å². The Morgan fingerprint density at radius 2 is 1.70 bits per heavy atom. The molecule has 23 heavy (non-hydrogen) atoms. The molecular formula is C21H26O2. The molecule has 0 spiro atoms. The molecule has 2 nitrogen and oxygen atoms in total. The third-order valence-corrected chi connectivity index (χ3v) is 4.88. The quantitative estimate of drug-likeness (QED) is 0.391. The summed E-state index contributed by atoms with van der Waals surface area (Å²) in [6, 6.07) is 10.3. The van der Waals surface area contributed by atoms with Crippen molar-refractivity contribution in [3.8, 4) is 0 Å². The number of Topliss-reactive ketones (excluding diaryl/α,β-unsaturated/α-hetero) is 2. The minimum atomic E-state index is -0.720. The van der Waals surface area contributed by atoms with E-state index in [2.05, 4.69) is 24.4 Å². The molecule has 1 aliphatic rings. The fourth-order valence-electron chi connectivity index (χ4n) is 3.57. The maximum atomic E-state index is 12.6. The van der Waals surface area contributed by atoms with Crippen molar-refractivity contribution in [1.82, 2.24) is 0 Å². The smallest absolute Gasteiger partial charge is 0.146 e. The number of hydrogen-bond donors (Lipinski definition) is 0. The Hall–Kier alpha value is -1.92. The number of allylic oxidation sites excluding steroid dienone is 1. The van der Waals surface area contributed by atoms with Crippen molar-refractivity contribution in [2.75, 3.05) is 0 Å². The van der Waals surface area contributed by atoms with E-state index in [1.165, 1.54) is 5.56 Å². The maximum Gasteiger partial charge on any atom is 0.146 e. The zero-order chi connectivity index (χ0) is 16.5. The highest BCUT2D eigenvalue weighted by Crippen LogP contribution is 2.39. The third kappa shape index (κ3) is 4.53. The van der Waals surface area contributed by atoms with E-state index in [9.17, 15) is 9.59 Å². The zero-order valence-corrected chi connectivity index (χ0v) is 13.9. The lowest BCUT2D eigenvalue weighted by Gasteiger charge is -2.34. The molecule has 1 fully saturated rings. The van der Waals surface area contributed by atoms with Crippen LogP contribution >= 0.6 is 0 Å². The molecule has 0 aromatic heterocycles. The molecule has 0 heterocycles. The molecule has 0 atom stereocenters. The van der Waals surface area contributed by atoms with Crippen molar-refractivity contribution >= 4 is 11.6 Å². The minimum absolute atomic E-state index is 0.171. The van der Waals surface area contributed by atoms with Gasteiger partial charge in [0.15, 0.2) is 0 Å². The first-order chi connectivity index (χ1) is 11.2. The van der Waals surface area contributed by atoms with E-state index >= 15 is 0 Å². The van der Waals surface area contributed by atoms with Crippen molar-refractivity contribution in [3.63, 3.8) is 0 Å². The van der Waals surface area contributed by atoms with E-state index in [1.807, 2.05) is 24.3 Å². The Labute approximate surface area is 139 Å². The standard InChI is InChI=1S/C21H26O2/c1-2-3-4-8-16-21(19(22)14-9-15-20(21)23)17-10-13-18-11-6-5-7-12-18/h3,5-7,11-12H,1,4,8-10,13-17H2. The first-order valence-electron chi connectivity index (χ1n) is 8.64. The van der Waals surface area contributed by atoms with Gasteiger partial charge in [-0.25, -0.2) is 0 Å². The van der Waals surface area contributed by atoms with Gasteiger partial charge in [0.1, 0.15) is 11.6 Å². The molecule has 1 saturated carbocycles. The largest absolute Gasteiger partial charge is 0.299 e. The molecule has 0 saturated heterocycles. The summed E-state index contributed by atoms with van der Waals surface area (Å²) in [4.78, 5) is 25.1. The summed E-state index contributed by atoms with van der Waals surface area (Å²) in [5.74, 6) is 0.341. The average Bonchev–Trinajstić information content (AvgIpc) is 2.57. The van der Waals surface area contributed by atoms with E-state index < -0.39 is 5.41 Å². The van der Waals surface area contributed by atoms with Gasteiger partial charge in [-0.15, -0.1) is 5.73 Å². The normalized spacial score (nSPS) is 16.9. The van der Waals surface area contributed by atoms with Crippen molar-refractivity contribution in [3.05, 3.63) is 54.3 Å². The fourth-order valence-corrected chi connectivity index (χ4v) is 3.57. The zero-order valence-electron chi connectivity index (χ0n) is 13.9. The number of aryl methyl sites for hydroxylation is 1. The number of hydrogen-bond acceptors (Lipinski definition) is 2. The average molecular weight is 310 g/mol. The minimum Gasteiger partial charge on any atom is -0.299 e. The highest BCUT2D eigenvalue weighted by Gasteiger charge is 2.45. The summed E-state index contributed by atoms with van der Waals surface area (Å²) < 4.78 is 0. The van der Waals surface area contributed by atoms with Crippen molar-refractivity contribution in [1.29, 1.82) is 0 Å². The van der Waals surface area contributed by atoms with Crippen molar-refractivity contribution in [2.45, 2.75) is 57.8 Å². The molecule has 0 aliphatic heterocycles. The summed E-state index contributed by atoms with van der Waals surface area (Å²) in [5, 5.41) is 0. The van der Waals surface area contributed by atoms with E-state index in [-0.39, 0.29) is 11.6 Å².